The molecule has 0 aliphatic rings. The van der Waals surface area contributed by atoms with E-state index in [1.807, 2.05) is 110 Å². The van der Waals surface area contributed by atoms with E-state index in [9.17, 15) is 50.4 Å². The van der Waals surface area contributed by atoms with Crippen LogP contribution in [0.1, 0.15) is 13.8 Å². The van der Waals surface area contributed by atoms with Crippen LogP contribution < -0.4 is 0 Å². The van der Waals surface area contributed by atoms with Gasteiger partial charge in [-0.05, 0) is 48.5 Å². The van der Waals surface area contributed by atoms with Crippen LogP contribution in [0, 0.1) is 22.7 Å². The maximum absolute atomic E-state index is 10.7. The first-order valence-electron chi connectivity index (χ1n) is 20.6. The van der Waals surface area contributed by atoms with E-state index in [-0.39, 0.29) is 19.5 Å². The van der Waals surface area contributed by atoms with Crippen LogP contribution in [0.2, 0.25) is 0 Å². The molecule has 0 bridgehead atoms. The van der Waals surface area contributed by atoms with Crippen molar-refractivity contribution >= 4 is 59.2 Å². The molecule has 0 aliphatic heterocycles. The van der Waals surface area contributed by atoms with Gasteiger partial charge in [0.2, 0.25) is 0 Å². The van der Waals surface area contributed by atoms with Crippen LogP contribution in [0.15, 0.2) is 183 Å². The Morgan fingerprint density at radius 1 is 0.315 bits per heavy atom. The number of hydrogen-bond donors (Lipinski definition) is 0. The third-order valence-electron chi connectivity index (χ3n) is 9.13. The second kappa shape index (κ2) is 22.1. The van der Waals surface area contributed by atoms with Crippen LogP contribution in [0.3, 0.4) is 0 Å². The van der Waals surface area contributed by atoms with Gasteiger partial charge in [0.05, 0.1) is 57.0 Å². The van der Waals surface area contributed by atoms with Gasteiger partial charge in [0.1, 0.15) is 0 Å². The first-order chi connectivity index (χ1) is 33.5. The molecule has 0 N–H and O–H groups in total. The molecule has 0 saturated carbocycles. The largest absolute Gasteiger partial charge is 2.00 e. The predicted octanol–water partition coefficient (Wildman–Crippen LogP) is 18.8. The van der Waals surface area contributed by atoms with E-state index in [1.54, 1.807) is 12.1 Å². The maximum Gasteiger partial charge on any atom is 2.00 e. The topological polar surface area (TPSA) is 125 Å². The van der Waals surface area contributed by atoms with Crippen molar-refractivity contribution in [1.82, 2.24) is 29.9 Å². The Hall–Kier alpha value is -7.56. The van der Waals surface area contributed by atoms with E-state index in [4.69, 9.17) is 20.5 Å². The monoisotopic (exact) mass is 1140 g/mol. The molecule has 0 atom stereocenters. The molecule has 0 amide bonds. The van der Waals surface area contributed by atoms with Crippen molar-refractivity contribution in [3.63, 3.8) is 0 Å². The van der Waals surface area contributed by atoms with Gasteiger partial charge in [-0.15, -0.1) is 0 Å². The molecule has 6 heterocycles. The number of para-hydroxylation sites is 4. The van der Waals surface area contributed by atoms with Gasteiger partial charge < -0.3 is 0 Å². The number of pyridine rings is 6. The SMILES string of the molecule is CC#N.CC#N.F[P-](F)(F)(F)(F)F.F[P-](F)(F)(F)(F)F.[Ru+2].c1cc(-c2cccc3cccnc23)nc(-c2cccc3cccnc23)c1.c1cc(-c2cccc3cccnc23)nc(-c2cccc3cccnc23)c1. The Kier molecular flexibility index (Phi) is 17.5. The van der Waals surface area contributed by atoms with Gasteiger partial charge in [0.15, 0.2) is 0 Å². The van der Waals surface area contributed by atoms with Crippen LogP contribution in [0.25, 0.3) is 88.6 Å². The number of hydrogen-bond acceptors (Lipinski definition) is 8. The fourth-order valence-corrected chi connectivity index (χ4v) is 6.71. The minimum absolute atomic E-state index is 0. The zero-order valence-corrected chi connectivity index (χ0v) is 41.2. The summed E-state index contributed by atoms with van der Waals surface area (Å²) >= 11 is 0. The van der Waals surface area contributed by atoms with Crippen molar-refractivity contribution in [2.24, 2.45) is 0 Å². The van der Waals surface area contributed by atoms with Gasteiger partial charge >= 0.3 is 85.5 Å². The quantitative estimate of drug-likeness (QED) is 0.0969. The molecule has 4 aromatic carbocycles. The van der Waals surface area contributed by atoms with E-state index in [2.05, 4.69) is 92.7 Å². The summed E-state index contributed by atoms with van der Waals surface area (Å²) in [7, 11) is -21.3. The minimum atomic E-state index is -10.7. The molecular formula is C50H36F12N8P2Ru. The second-order valence-electron chi connectivity index (χ2n) is 14.7. The molecule has 0 fully saturated rings. The summed E-state index contributed by atoms with van der Waals surface area (Å²) in [6, 6.07) is 56.6. The van der Waals surface area contributed by atoms with E-state index in [1.165, 1.54) is 13.8 Å². The van der Waals surface area contributed by atoms with Crippen LogP contribution in [-0.4, -0.2) is 29.9 Å². The summed E-state index contributed by atoms with van der Waals surface area (Å²) < 4.78 is 118. The molecule has 378 valence electrons. The van der Waals surface area contributed by atoms with Crippen LogP contribution in [0.5, 0.6) is 0 Å². The van der Waals surface area contributed by atoms with Crippen molar-refractivity contribution in [1.29, 1.82) is 10.5 Å². The molecule has 0 aliphatic carbocycles. The van der Waals surface area contributed by atoms with Crippen LogP contribution in [0.4, 0.5) is 50.4 Å². The molecule has 10 aromatic rings. The predicted molar refractivity (Wildman–Crippen MR) is 261 cm³/mol. The number of fused-ring (bicyclic) bond motifs is 4. The molecule has 0 radical (unpaired) electrons. The Morgan fingerprint density at radius 2 is 0.479 bits per heavy atom. The van der Waals surface area contributed by atoms with E-state index < -0.39 is 15.6 Å². The molecular weight excluding hydrogens is 1100 g/mol. The van der Waals surface area contributed by atoms with Crippen molar-refractivity contribution in [2.75, 3.05) is 0 Å². The normalized spacial score (nSPS) is 12.5. The molecule has 0 spiro atoms. The molecule has 6 aromatic heterocycles. The average molecular weight is 1140 g/mol. The first-order valence-corrected chi connectivity index (χ1v) is 24.6. The van der Waals surface area contributed by atoms with Crippen molar-refractivity contribution in [2.45, 2.75) is 13.8 Å². The number of rotatable bonds is 4. The smallest absolute Gasteiger partial charge is 0.256 e. The maximum atomic E-state index is 9.87. The minimum Gasteiger partial charge on any atom is -0.256 e. The van der Waals surface area contributed by atoms with Crippen molar-refractivity contribution in [3.8, 4) is 57.2 Å². The van der Waals surface area contributed by atoms with Gasteiger partial charge in [-0.3, -0.25) is 19.9 Å². The summed E-state index contributed by atoms with van der Waals surface area (Å²) in [6.45, 7) is 2.86. The van der Waals surface area contributed by atoms with Gasteiger partial charge in [-0.2, -0.15) is 10.5 Å². The van der Waals surface area contributed by atoms with E-state index in [0.29, 0.717) is 0 Å². The number of halogens is 12. The van der Waals surface area contributed by atoms with Gasteiger partial charge in [0, 0.05) is 82.4 Å². The summed E-state index contributed by atoms with van der Waals surface area (Å²) in [6.07, 6.45) is 7.29. The summed E-state index contributed by atoms with van der Waals surface area (Å²) in [4.78, 5) is 28.1. The standard InChI is InChI=1S/2C23H15N3.2C2H3N.2F6P.Ru/c2*1-6-16-8-4-14-24-22(16)18(10-1)20-12-3-13-21(26-20)19-11-2-7-17-9-5-15-25-23(17)19;2*1-2-3;2*1-7(2,3,4,5)6;/h2*1-15H;2*1H3;;;/q;;;;2*-1;+2. The first kappa shape index (κ1) is 58.0. The average Bonchev–Trinajstić information content (AvgIpc) is 3.32. The Morgan fingerprint density at radius 3 is 0.671 bits per heavy atom. The van der Waals surface area contributed by atoms with E-state index >= 15 is 0 Å². The van der Waals surface area contributed by atoms with Crippen LogP contribution >= 0.6 is 15.6 Å². The molecule has 73 heavy (non-hydrogen) atoms. The third-order valence-corrected chi connectivity index (χ3v) is 9.13. The van der Waals surface area contributed by atoms with Crippen molar-refractivity contribution < 1.29 is 69.8 Å². The van der Waals surface area contributed by atoms with Gasteiger partial charge in [0.25, 0.3) is 0 Å². The fourth-order valence-electron chi connectivity index (χ4n) is 6.71. The number of aromatic nitrogens is 6. The third kappa shape index (κ3) is 19.9. The molecule has 0 unspecified atom stereocenters. The summed E-state index contributed by atoms with van der Waals surface area (Å²) in [5.41, 5.74) is 11.7. The number of benzene rings is 4. The number of nitriles is 2. The molecule has 8 nitrogen and oxygen atoms in total. The second-order valence-corrected chi connectivity index (χ2v) is 18.5. The van der Waals surface area contributed by atoms with Crippen LogP contribution in [-0.2, 0) is 19.5 Å². The Labute approximate surface area is 421 Å². The zero-order chi connectivity index (χ0) is 52.9. The fraction of sp³-hybridized carbons (Fsp3) is 0.0400. The van der Waals surface area contributed by atoms with Gasteiger partial charge in [-0.1, -0.05) is 109 Å². The number of nitrogens with zero attached hydrogens (tertiary/aromatic N) is 8. The van der Waals surface area contributed by atoms with E-state index in [0.717, 1.165) is 88.6 Å². The Balaban J connectivity index is 0.000000230. The summed E-state index contributed by atoms with van der Waals surface area (Å²) in [5, 5.41) is 19.1. The molecule has 23 heteroatoms. The molecule has 10 rings (SSSR count). The Bertz CT molecular complexity index is 3150. The van der Waals surface area contributed by atoms with Crippen molar-refractivity contribution in [3.05, 3.63) is 183 Å². The zero-order valence-electron chi connectivity index (χ0n) is 37.7. The van der Waals surface area contributed by atoms with Gasteiger partial charge in [-0.25, -0.2) is 9.97 Å². The molecule has 0 saturated heterocycles. The summed E-state index contributed by atoms with van der Waals surface area (Å²) in [5.74, 6) is 0.